The molecule has 0 radical (unpaired) electrons. The molecule has 0 spiro atoms. The van der Waals surface area contributed by atoms with E-state index < -0.39 is 6.03 Å². The normalized spacial score (nSPS) is 10.9. The molecule has 0 fully saturated rings. The van der Waals surface area contributed by atoms with E-state index in [1.165, 1.54) is 0 Å². The molecule has 0 heterocycles. The third-order valence-corrected chi connectivity index (χ3v) is 2.93. The summed E-state index contributed by atoms with van der Waals surface area (Å²) in [4.78, 5) is 10.4. The van der Waals surface area contributed by atoms with Crippen molar-refractivity contribution >= 4 is 38.9 Å². The van der Waals surface area contributed by atoms with Gasteiger partial charge in [0.1, 0.15) is 0 Å². The van der Waals surface area contributed by atoms with E-state index in [1.54, 1.807) is 6.21 Å². The van der Waals surface area contributed by atoms with E-state index >= 15 is 0 Å². The molecule has 0 atom stereocenters. The lowest BCUT2D eigenvalue weighted by Crippen LogP contribution is -2.24. The van der Waals surface area contributed by atoms with E-state index in [9.17, 15) is 4.79 Å². The number of carbonyl (C=O) groups excluding carboxylic acids is 1. The number of primary amides is 1. The van der Waals surface area contributed by atoms with E-state index in [4.69, 9.17) is 5.73 Å². The van der Waals surface area contributed by atoms with Crippen molar-refractivity contribution in [2.75, 3.05) is 0 Å². The molecule has 86 valence electrons. The summed E-state index contributed by atoms with van der Waals surface area (Å²) in [7, 11) is 0. The minimum Gasteiger partial charge on any atom is -0.350 e. The average Bonchev–Trinajstić information content (AvgIpc) is 2.29. The summed E-state index contributed by atoms with van der Waals surface area (Å²) in [5, 5.41) is 5.94. The zero-order valence-electron chi connectivity index (χ0n) is 8.85. The maximum Gasteiger partial charge on any atom is 0.332 e. The number of amides is 2. The lowest BCUT2D eigenvalue weighted by molar-refractivity contribution is 0.249. The van der Waals surface area contributed by atoms with Gasteiger partial charge in [0.25, 0.3) is 0 Å². The van der Waals surface area contributed by atoms with Gasteiger partial charge in [0.2, 0.25) is 0 Å². The number of nitrogens with zero attached hydrogens (tertiary/aromatic N) is 1. The van der Waals surface area contributed by atoms with Crippen LogP contribution in [0.2, 0.25) is 0 Å². The number of fused-ring (bicyclic) bond motifs is 1. The Morgan fingerprint density at radius 2 is 2.18 bits per heavy atom. The average molecular weight is 292 g/mol. The number of nitrogens with one attached hydrogen (secondary N) is 1. The van der Waals surface area contributed by atoms with Crippen molar-refractivity contribution in [2.24, 2.45) is 10.8 Å². The molecule has 0 unspecified atom stereocenters. The fourth-order valence-corrected chi connectivity index (χ4v) is 2.03. The van der Waals surface area contributed by atoms with Crippen LogP contribution in [0.15, 0.2) is 46.0 Å². The van der Waals surface area contributed by atoms with Crippen LogP contribution in [0.4, 0.5) is 4.79 Å². The highest BCUT2D eigenvalue weighted by atomic mass is 79.9. The van der Waals surface area contributed by atoms with Crippen molar-refractivity contribution in [3.05, 3.63) is 46.4 Å². The smallest absolute Gasteiger partial charge is 0.332 e. The van der Waals surface area contributed by atoms with Crippen molar-refractivity contribution in [2.45, 2.75) is 0 Å². The predicted octanol–water partition coefficient (Wildman–Crippen LogP) is 2.60. The molecule has 4 nitrogen and oxygen atoms in total. The molecule has 0 aliphatic heterocycles. The molecule has 2 rings (SSSR count). The number of hydrogen-bond donors (Lipinski definition) is 2. The molecular weight excluding hydrogens is 282 g/mol. The first-order valence-electron chi connectivity index (χ1n) is 4.93. The van der Waals surface area contributed by atoms with Gasteiger partial charge in [-0.3, -0.25) is 0 Å². The number of hydrazone groups is 1. The molecule has 0 saturated heterocycles. The number of nitrogens with two attached hydrogens (primary N) is 1. The van der Waals surface area contributed by atoms with Gasteiger partial charge in [-0.2, -0.15) is 5.10 Å². The molecule has 0 aliphatic carbocycles. The number of carbonyl (C=O) groups is 1. The van der Waals surface area contributed by atoms with Crippen LogP contribution in [-0.4, -0.2) is 12.2 Å². The molecule has 2 aromatic carbocycles. The lowest BCUT2D eigenvalue weighted by Gasteiger charge is -2.01. The van der Waals surface area contributed by atoms with Crippen LogP contribution in [0.3, 0.4) is 0 Å². The van der Waals surface area contributed by atoms with Crippen molar-refractivity contribution in [1.82, 2.24) is 5.43 Å². The number of urea groups is 1. The van der Waals surface area contributed by atoms with Gasteiger partial charge in [0.15, 0.2) is 0 Å². The monoisotopic (exact) mass is 291 g/mol. The zero-order valence-corrected chi connectivity index (χ0v) is 10.4. The molecule has 2 amide bonds. The van der Waals surface area contributed by atoms with Gasteiger partial charge < -0.3 is 5.73 Å². The van der Waals surface area contributed by atoms with Gasteiger partial charge in [-0.1, -0.05) is 40.2 Å². The van der Waals surface area contributed by atoms with Crippen LogP contribution in [0.1, 0.15) is 5.56 Å². The van der Waals surface area contributed by atoms with Gasteiger partial charge >= 0.3 is 6.03 Å². The van der Waals surface area contributed by atoms with Crippen LogP contribution in [-0.2, 0) is 0 Å². The second kappa shape index (κ2) is 4.97. The molecule has 0 bridgehead atoms. The van der Waals surface area contributed by atoms with E-state index in [1.807, 2.05) is 36.4 Å². The van der Waals surface area contributed by atoms with Gasteiger partial charge in [0, 0.05) is 4.47 Å². The molecule has 0 aromatic heterocycles. The Bertz CT molecular complexity index is 595. The second-order valence-corrected chi connectivity index (χ2v) is 4.31. The van der Waals surface area contributed by atoms with Gasteiger partial charge in [-0.25, -0.2) is 10.2 Å². The van der Waals surface area contributed by atoms with Crippen LogP contribution in [0.25, 0.3) is 10.8 Å². The summed E-state index contributed by atoms with van der Waals surface area (Å²) in [5.74, 6) is 0. The van der Waals surface area contributed by atoms with Crippen LogP contribution < -0.4 is 11.2 Å². The van der Waals surface area contributed by atoms with Crippen molar-refractivity contribution < 1.29 is 4.79 Å². The van der Waals surface area contributed by atoms with Crippen LogP contribution in [0.5, 0.6) is 0 Å². The lowest BCUT2D eigenvalue weighted by atomic mass is 10.1. The Kier molecular flexibility index (Phi) is 3.39. The number of halogens is 1. The van der Waals surface area contributed by atoms with Gasteiger partial charge in [-0.15, -0.1) is 0 Å². The Morgan fingerprint density at radius 3 is 2.94 bits per heavy atom. The SMILES string of the molecule is NC(=O)N/N=C\c1ccc2c(Br)cccc2c1. The molecule has 0 aliphatic rings. The molecule has 2 aromatic rings. The second-order valence-electron chi connectivity index (χ2n) is 3.45. The number of hydrogen-bond acceptors (Lipinski definition) is 2. The maximum absolute atomic E-state index is 10.4. The first kappa shape index (κ1) is 11.6. The van der Waals surface area contributed by atoms with E-state index in [2.05, 4.69) is 26.5 Å². The van der Waals surface area contributed by atoms with Crippen molar-refractivity contribution in [3.63, 3.8) is 0 Å². The topological polar surface area (TPSA) is 67.5 Å². The van der Waals surface area contributed by atoms with Gasteiger partial charge in [0.05, 0.1) is 6.21 Å². The molecule has 5 heteroatoms. The van der Waals surface area contributed by atoms with Crippen LogP contribution >= 0.6 is 15.9 Å². The summed E-state index contributed by atoms with van der Waals surface area (Å²) in [6.07, 6.45) is 1.55. The Hall–Kier alpha value is -1.88. The Labute approximate surface area is 107 Å². The molecule has 0 saturated carbocycles. The summed E-state index contributed by atoms with van der Waals surface area (Å²) in [6.45, 7) is 0. The van der Waals surface area contributed by atoms with Crippen molar-refractivity contribution in [3.8, 4) is 0 Å². The van der Waals surface area contributed by atoms with Crippen molar-refractivity contribution in [1.29, 1.82) is 0 Å². The molecule has 17 heavy (non-hydrogen) atoms. The highest BCUT2D eigenvalue weighted by Gasteiger charge is 1.98. The summed E-state index contributed by atoms with van der Waals surface area (Å²) in [5.41, 5.74) is 7.94. The Morgan fingerprint density at radius 1 is 1.35 bits per heavy atom. The van der Waals surface area contributed by atoms with E-state index in [0.29, 0.717) is 0 Å². The summed E-state index contributed by atoms with van der Waals surface area (Å²) < 4.78 is 1.05. The maximum atomic E-state index is 10.4. The largest absolute Gasteiger partial charge is 0.350 e. The number of benzene rings is 2. The minimum atomic E-state index is -0.676. The van der Waals surface area contributed by atoms with E-state index in [0.717, 1.165) is 20.8 Å². The van der Waals surface area contributed by atoms with Crippen LogP contribution in [0, 0.1) is 0 Å². The third-order valence-electron chi connectivity index (χ3n) is 2.24. The van der Waals surface area contributed by atoms with Gasteiger partial charge in [-0.05, 0) is 28.5 Å². The quantitative estimate of drug-likeness (QED) is 0.648. The molecular formula is C12H10BrN3O. The number of rotatable bonds is 2. The van der Waals surface area contributed by atoms with E-state index in [-0.39, 0.29) is 0 Å². The highest BCUT2D eigenvalue weighted by molar-refractivity contribution is 9.10. The zero-order chi connectivity index (χ0) is 12.3. The molecule has 3 N–H and O–H groups in total. The summed E-state index contributed by atoms with van der Waals surface area (Å²) >= 11 is 3.49. The standard InChI is InChI=1S/C12H10BrN3O/c13-11-3-1-2-9-6-8(4-5-10(9)11)7-15-16-12(14)17/h1-7H,(H3,14,16,17)/b15-7-. The Balaban J connectivity index is 2.32. The summed E-state index contributed by atoms with van der Waals surface area (Å²) in [6, 6.07) is 11.2. The fourth-order valence-electron chi connectivity index (χ4n) is 1.51. The third kappa shape index (κ3) is 2.82. The predicted molar refractivity (Wildman–Crippen MR) is 72.0 cm³/mol. The minimum absolute atomic E-state index is 0.676. The first-order valence-corrected chi connectivity index (χ1v) is 5.73. The fraction of sp³-hybridized carbons (Fsp3) is 0. The first-order chi connectivity index (χ1) is 8.16. The highest BCUT2D eigenvalue weighted by Crippen LogP contribution is 2.24.